The minimum Gasteiger partial charge on any atom is -0.305 e. The van der Waals surface area contributed by atoms with Crippen LogP contribution in [-0.4, -0.2) is 26.3 Å². The van der Waals surface area contributed by atoms with Gasteiger partial charge in [0, 0.05) is 35.4 Å². The van der Waals surface area contributed by atoms with Gasteiger partial charge in [-0.2, -0.15) is 0 Å². The quantitative estimate of drug-likeness (QED) is 0.323. The third kappa shape index (κ3) is 4.51. The molecule has 0 amide bonds. The number of carbonyl (C=O) groups excluding carboxylic acids is 1. The van der Waals surface area contributed by atoms with Gasteiger partial charge in [-0.25, -0.2) is 4.39 Å². The van der Waals surface area contributed by atoms with Crippen molar-refractivity contribution in [3.63, 3.8) is 0 Å². The lowest BCUT2D eigenvalue weighted by atomic mass is 10.1. The molecule has 3 rings (SSSR count). The smallest absolute Gasteiger partial charge is 0.191 e. The Bertz CT molecular complexity index is 894. The molecule has 134 valence electrons. The zero-order valence-electron chi connectivity index (χ0n) is 14.2. The van der Waals surface area contributed by atoms with E-state index in [2.05, 4.69) is 10.2 Å². The van der Waals surface area contributed by atoms with E-state index in [0.717, 1.165) is 22.3 Å². The number of ketones is 1. The van der Waals surface area contributed by atoms with Crippen molar-refractivity contribution in [3.8, 4) is 11.4 Å². The minimum absolute atomic E-state index is 0.0189. The van der Waals surface area contributed by atoms with Crippen molar-refractivity contribution in [1.82, 2.24) is 14.8 Å². The number of benzene rings is 2. The third-order valence-corrected chi connectivity index (χ3v) is 5.24. The minimum atomic E-state index is -0.337. The molecule has 0 saturated carbocycles. The Morgan fingerprint density at radius 1 is 1.12 bits per heavy atom. The summed E-state index contributed by atoms with van der Waals surface area (Å²) in [5, 5.41) is 9.92. The van der Waals surface area contributed by atoms with Crippen molar-refractivity contribution >= 4 is 29.1 Å². The molecule has 0 atom stereocenters. The molecule has 0 bridgehead atoms. The van der Waals surface area contributed by atoms with Crippen molar-refractivity contribution in [2.45, 2.75) is 18.0 Å². The van der Waals surface area contributed by atoms with Gasteiger partial charge < -0.3 is 4.57 Å². The van der Waals surface area contributed by atoms with Gasteiger partial charge in [0.2, 0.25) is 0 Å². The Morgan fingerprint density at radius 2 is 1.81 bits per heavy atom. The molecule has 0 fully saturated rings. The predicted octanol–water partition coefficient (Wildman–Crippen LogP) is 5.03. The first-order valence-corrected chi connectivity index (χ1v) is 9.48. The summed E-state index contributed by atoms with van der Waals surface area (Å²) in [4.78, 5) is 12.1. The molecule has 0 aliphatic carbocycles. The van der Waals surface area contributed by atoms with Crippen LogP contribution >= 0.6 is 23.4 Å². The van der Waals surface area contributed by atoms with Crippen molar-refractivity contribution in [2.24, 2.45) is 7.05 Å². The van der Waals surface area contributed by atoms with E-state index in [-0.39, 0.29) is 11.6 Å². The summed E-state index contributed by atoms with van der Waals surface area (Å²) < 4.78 is 14.8. The summed E-state index contributed by atoms with van der Waals surface area (Å²) in [7, 11) is 1.91. The molecular weight excluding hydrogens is 373 g/mol. The first-order valence-electron chi connectivity index (χ1n) is 8.11. The SMILES string of the molecule is Cn1c(SCCCC(=O)c2ccc(F)cc2)nnc1-c1ccc(Cl)cc1. The maximum Gasteiger partial charge on any atom is 0.191 e. The highest BCUT2D eigenvalue weighted by molar-refractivity contribution is 7.99. The Morgan fingerprint density at radius 3 is 2.50 bits per heavy atom. The molecule has 0 aliphatic rings. The number of hydrogen-bond acceptors (Lipinski definition) is 4. The molecule has 4 nitrogen and oxygen atoms in total. The summed E-state index contributed by atoms with van der Waals surface area (Å²) in [5.41, 5.74) is 1.49. The van der Waals surface area contributed by atoms with Gasteiger partial charge in [0.05, 0.1) is 0 Å². The second-order valence-corrected chi connectivity index (χ2v) is 7.25. The van der Waals surface area contributed by atoms with Gasteiger partial charge in [0.25, 0.3) is 0 Å². The van der Waals surface area contributed by atoms with Gasteiger partial charge in [0.1, 0.15) is 5.82 Å². The van der Waals surface area contributed by atoms with Crippen LogP contribution < -0.4 is 0 Å². The van der Waals surface area contributed by atoms with E-state index >= 15 is 0 Å². The second kappa shape index (κ2) is 8.47. The van der Waals surface area contributed by atoms with Gasteiger partial charge in [-0.05, 0) is 55.0 Å². The Hall–Kier alpha value is -2.18. The fourth-order valence-corrected chi connectivity index (χ4v) is 3.44. The summed E-state index contributed by atoms with van der Waals surface area (Å²) in [6.45, 7) is 0. The number of thioether (sulfide) groups is 1. The van der Waals surface area contributed by atoms with Crippen molar-refractivity contribution < 1.29 is 9.18 Å². The summed E-state index contributed by atoms with van der Waals surface area (Å²) in [5.74, 6) is 1.20. The summed E-state index contributed by atoms with van der Waals surface area (Å²) in [6, 6.07) is 13.1. The number of rotatable bonds is 7. The molecule has 1 aromatic heterocycles. The zero-order chi connectivity index (χ0) is 18.5. The fourth-order valence-electron chi connectivity index (χ4n) is 2.47. The highest BCUT2D eigenvalue weighted by Gasteiger charge is 2.12. The first-order chi connectivity index (χ1) is 12.5. The highest BCUT2D eigenvalue weighted by Crippen LogP contribution is 2.24. The van der Waals surface area contributed by atoms with Crippen LogP contribution in [0.15, 0.2) is 53.7 Å². The average Bonchev–Trinajstić information content (AvgIpc) is 3.00. The number of halogens is 2. The zero-order valence-corrected chi connectivity index (χ0v) is 15.7. The lowest BCUT2D eigenvalue weighted by molar-refractivity contribution is 0.0982. The number of hydrogen-bond donors (Lipinski definition) is 0. The van der Waals surface area contributed by atoms with Gasteiger partial charge in [0.15, 0.2) is 16.8 Å². The van der Waals surface area contributed by atoms with Gasteiger partial charge >= 0.3 is 0 Å². The van der Waals surface area contributed by atoms with Gasteiger partial charge in [-0.1, -0.05) is 23.4 Å². The van der Waals surface area contributed by atoms with Crippen LogP contribution in [0.2, 0.25) is 5.02 Å². The van der Waals surface area contributed by atoms with E-state index in [9.17, 15) is 9.18 Å². The van der Waals surface area contributed by atoms with Crippen LogP contribution in [0.5, 0.6) is 0 Å². The molecule has 0 N–H and O–H groups in total. The van der Waals surface area contributed by atoms with Crippen LogP contribution in [0, 0.1) is 5.82 Å². The number of nitrogens with zero attached hydrogens (tertiary/aromatic N) is 3. The van der Waals surface area contributed by atoms with E-state index in [4.69, 9.17) is 11.6 Å². The van der Waals surface area contributed by atoms with E-state index in [1.54, 1.807) is 11.8 Å². The molecule has 0 radical (unpaired) electrons. The van der Waals surface area contributed by atoms with Crippen LogP contribution in [0.1, 0.15) is 23.2 Å². The molecule has 7 heteroatoms. The van der Waals surface area contributed by atoms with Crippen molar-refractivity contribution in [3.05, 3.63) is 64.9 Å². The number of aromatic nitrogens is 3. The van der Waals surface area contributed by atoms with E-state index < -0.39 is 0 Å². The normalized spacial score (nSPS) is 10.9. The summed E-state index contributed by atoms with van der Waals surface area (Å²) in [6.07, 6.45) is 1.13. The van der Waals surface area contributed by atoms with E-state index in [0.29, 0.717) is 23.4 Å². The van der Waals surface area contributed by atoms with Crippen LogP contribution in [0.4, 0.5) is 4.39 Å². The van der Waals surface area contributed by atoms with Crippen molar-refractivity contribution in [1.29, 1.82) is 0 Å². The van der Waals surface area contributed by atoms with Crippen LogP contribution in [-0.2, 0) is 7.05 Å². The molecule has 0 aliphatic heterocycles. The van der Waals surface area contributed by atoms with Crippen molar-refractivity contribution in [2.75, 3.05) is 5.75 Å². The number of Topliss-reactive ketones (excluding diaryl/α,β-unsaturated/α-hetero) is 1. The molecule has 0 saturated heterocycles. The topological polar surface area (TPSA) is 47.8 Å². The molecular formula is C19H17ClFN3OS. The standard InChI is InChI=1S/C19H17ClFN3OS/c1-24-18(14-4-8-15(20)9-5-14)22-23-19(24)26-12-2-3-17(25)13-6-10-16(21)11-7-13/h4-11H,2-3,12H2,1H3. The largest absolute Gasteiger partial charge is 0.305 e. The lowest BCUT2D eigenvalue weighted by Gasteiger charge is -2.04. The Labute approximate surface area is 160 Å². The first kappa shape index (κ1) is 18.6. The van der Waals surface area contributed by atoms with E-state index in [1.165, 1.54) is 24.3 Å². The summed E-state index contributed by atoms with van der Waals surface area (Å²) >= 11 is 7.47. The maximum atomic E-state index is 12.9. The van der Waals surface area contributed by atoms with E-state index in [1.807, 2.05) is 35.9 Å². The monoisotopic (exact) mass is 389 g/mol. The second-order valence-electron chi connectivity index (χ2n) is 5.75. The molecule has 3 aromatic rings. The Kier molecular flexibility index (Phi) is 6.06. The number of carbonyl (C=O) groups is 1. The van der Waals surface area contributed by atoms with Crippen LogP contribution in [0.3, 0.4) is 0 Å². The highest BCUT2D eigenvalue weighted by atomic mass is 35.5. The molecule has 26 heavy (non-hydrogen) atoms. The Balaban J connectivity index is 1.53. The molecule has 1 heterocycles. The molecule has 0 spiro atoms. The fraction of sp³-hybridized carbons (Fsp3) is 0.211. The molecule has 2 aromatic carbocycles. The molecule has 0 unspecified atom stereocenters. The average molecular weight is 390 g/mol. The van der Waals surface area contributed by atoms with Gasteiger partial charge in [-0.3, -0.25) is 4.79 Å². The van der Waals surface area contributed by atoms with Gasteiger partial charge in [-0.15, -0.1) is 10.2 Å². The van der Waals surface area contributed by atoms with Crippen LogP contribution in [0.25, 0.3) is 11.4 Å². The predicted molar refractivity (Wildman–Crippen MR) is 102 cm³/mol. The lowest BCUT2D eigenvalue weighted by Crippen LogP contribution is -2.00. The third-order valence-electron chi connectivity index (χ3n) is 3.88. The maximum absolute atomic E-state index is 12.9.